The zero-order chi connectivity index (χ0) is 14.3. The van der Waals surface area contributed by atoms with Crippen molar-refractivity contribution in [2.75, 3.05) is 11.4 Å². The standard InChI is InChI=1S/C15H19N3OS/c1-9-11(3)20-15-13(9)14(16-8-17-15)18-7-5-4-6-12(18)10(2)19/h8,12H,4-7H2,1-3H3. The minimum Gasteiger partial charge on any atom is -0.346 e. The molecule has 1 atom stereocenters. The third kappa shape index (κ3) is 2.10. The van der Waals surface area contributed by atoms with E-state index in [2.05, 4.69) is 28.7 Å². The van der Waals surface area contributed by atoms with Crippen LogP contribution < -0.4 is 4.90 Å². The second-order valence-electron chi connectivity index (χ2n) is 5.48. The van der Waals surface area contributed by atoms with Crippen LogP contribution in [0.25, 0.3) is 10.2 Å². The maximum atomic E-state index is 11.9. The molecule has 4 nitrogen and oxygen atoms in total. The summed E-state index contributed by atoms with van der Waals surface area (Å²) in [5, 5.41) is 1.13. The lowest BCUT2D eigenvalue weighted by Crippen LogP contribution is -2.44. The predicted molar refractivity (Wildman–Crippen MR) is 82.6 cm³/mol. The van der Waals surface area contributed by atoms with Gasteiger partial charge in [0.15, 0.2) is 5.78 Å². The van der Waals surface area contributed by atoms with Crippen molar-refractivity contribution in [3.05, 3.63) is 16.8 Å². The third-order valence-corrected chi connectivity index (χ3v) is 5.30. The van der Waals surface area contributed by atoms with Crippen LogP contribution in [0.4, 0.5) is 5.82 Å². The van der Waals surface area contributed by atoms with E-state index in [1.165, 1.54) is 10.4 Å². The lowest BCUT2D eigenvalue weighted by atomic mass is 9.98. The van der Waals surface area contributed by atoms with Crippen LogP contribution in [0.2, 0.25) is 0 Å². The van der Waals surface area contributed by atoms with Crippen LogP contribution in [-0.4, -0.2) is 28.3 Å². The number of aryl methyl sites for hydroxylation is 2. The second kappa shape index (κ2) is 5.13. The van der Waals surface area contributed by atoms with Gasteiger partial charge in [-0.05, 0) is 45.6 Å². The first kappa shape index (κ1) is 13.5. The van der Waals surface area contributed by atoms with Crippen LogP contribution in [0.1, 0.15) is 36.6 Å². The molecule has 0 bridgehead atoms. The van der Waals surface area contributed by atoms with E-state index < -0.39 is 0 Å². The topological polar surface area (TPSA) is 46.1 Å². The molecule has 0 aromatic carbocycles. The maximum absolute atomic E-state index is 11.9. The lowest BCUT2D eigenvalue weighted by molar-refractivity contribution is -0.118. The Labute approximate surface area is 122 Å². The molecule has 1 fully saturated rings. The number of carbonyl (C=O) groups excluding carboxylic acids is 1. The van der Waals surface area contributed by atoms with E-state index >= 15 is 0 Å². The molecule has 106 valence electrons. The number of piperidine rings is 1. The molecule has 3 rings (SSSR count). The number of Topliss-reactive ketones (excluding diaryl/α,β-unsaturated/α-hetero) is 1. The zero-order valence-electron chi connectivity index (χ0n) is 12.1. The first-order valence-electron chi connectivity index (χ1n) is 7.07. The highest BCUT2D eigenvalue weighted by atomic mass is 32.1. The van der Waals surface area contributed by atoms with Crippen molar-refractivity contribution >= 4 is 33.2 Å². The average molecular weight is 289 g/mol. The van der Waals surface area contributed by atoms with Gasteiger partial charge >= 0.3 is 0 Å². The van der Waals surface area contributed by atoms with Gasteiger partial charge in [0.2, 0.25) is 0 Å². The van der Waals surface area contributed by atoms with Crippen molar-refractivity contribution in [3.63, 3.8) is 0 Å². The molecule has 1 unspecified atom stereocenters. The minimum absolute atomic E-state index is 0.0264. The van der Waals surface area contributed by atoms with Gasteiger partial charge in [-0.3, -0.25) is 4.79 Å². The number of hydrogen-bond donors (Lipinski definition) is 0. The van der Waals surface area contributed by atoms with Crippen molar-refractivity contribution in [2.45, 2.75) is 46.1 Å². The molecule has 1 aliphatic heterocycles. The molecule has 0 aliphatic carbocycles. The highest BCUT2D eigenvalue weighted by molar-refractivity contribution is 7.18. The molecule has 2 aromatic heterocycles. The first-order chi connectivity index (χ1) is 9.59. The molecule has 2 aromatic rings. The van der Waals surface area contributed by atoms with Crippen LogP contribution in [0.5, 0.6) is 0 Å². The van der Waals surface area contributed by atoms with Crippen molar-refractivity contribution in [3.8, 4) is 0 Å². The van der Waals surface area contributed by atoms with Gasteiger partial charge in [0.1, 0.15) is 17.0 Å². The summed E-state index contributed by atoms with van der Waals surface area (Å²) in [5.74, 6) is 1.18. The Bertz CT molecular complexity index is 664. The molecule has 0 N–H and O–H groups in total. The summed E-state index contributed by atoms with van der Waals surface area (Å²) < 4.78 is 0. The Hall–Kier alpha value is -1.49. The summed E-state index contributed by atoms with van der Waals surface area (Å²) >= 11 is 1.70. The second-order valence-corrected chi connectivity index (χ2v) is 6.68. The van der Waals surface area contributed by atoms with E-state index in [4.69, 9.17) is 0 Å². The van der Waals surface area contributed by atoms with Gasteiger partial charge < -0.3 is 4.90 Å². The van der Waals surface area contributed by atoms with Gasteiger partial charge in [-0.2, -0.15) is 0 Å². The average Bonchev–Trinajstić information content (AvgIpc) is 2.74. The largest absolute Gasteiger partial charge is 0.346 e. The number of ketones is 1. The Balaban J connectivity index is 2.15. The van der Waals surface area contributed by atoms with Crippen molar-refractivity contribution in [2.24, 2.45) is 0 Å². The number of fused-ring (bicyclic) bond motifs is 1. The number of thiophene rings is 1. The van der Waals surface area contributed by atoms with Crippen molar-refractivity contribution in [1.82, 2.24) is 9.97 Å². The smallest absolute Gasteiger partial charge is 0.152 e. The van der Waals surface area contributed by atoms with Crippen LogP contribution in [0.15, 0.2) is 6.33 Å². The van der Waals surface area contributed by atoms with E-state index in [1.807, 2.05) is 0 Å². The number of hydrogen-bond acceptors (Lipinski definition) is 5. The van der Waals surface area contributed by atoms with Crippen LogP contribution >= 0.6 is 11.3 Å². The Morgan fingerprint density at radius 2 is 2.15 bits per heavy atom. The zero-order valence-corrected chi connectivity index (χ0v) is 13.0. The molecule has 20 heavy (non-hydrogen) atoms. The number of nitrogens with zero attached hydrogens (tertiary/aromatic N) is 3. The van der Waals surface area contributed by atoms with E-state index in [-0.39, 0.29) is 11.8 Å². The molecular formula is C15H19N3OS. The Morgan fingerprint density at radius 1 is 1.35 bits per heavy atom. The number of carbonyl (C=O) groups is 1. The summed E-state index contributed by atoms with van der Waals surface area (Å²) in [7, 11) is 0. The highest BCUT2D eigenvalue weighted by Gasteiger charge is 2.29. The molecule has 1 aliphatic rings. The molecular weight excluding hydrogens is 270 g/mol. The van der Waals surface area contributed by atoms with Crippen LogP contribution in [0.3, 0.4) is 0 Å². The lowest BCUT2D eigenvalue weighted by Gasteiger charge is -2.35. The number of anilines is 1. The summed E-state index contributed by atoms with van der Waals surface area (Å²) in [6, 6.07) is -0.0264. The fourth-order valence-corrected chi connectivity index (χ4v) is 3.98. The third-order valence-electron chi connectivity index (χ3n) is 4.19. The van der Waals surface area contributed by atoms with Gasteiger partial charge in [-0.15, -0.1) is 11.3 Å². The Morgan fingerprint density at radius 3 is 2.90 bits per heavy atom. The summed E-state index contributed by atoms with van der Waals surface area (Å²) in [4.78, 5) is 25.3. The van der Waals surface area contributed by atoms with E-state index in [1.54, 1.807) is 24.6 Å². The molecule has 3 heterocycles. The Kier molecular flexibility index (Phi) is 3.46. The van der Waals surface area contributed by atoms with Gasteiger partial charge in [0.25, 0.3) is 0 Å². The van der Waals surface area contributed by atoms with Crippen LogP contribution in [0, 0.1) is 13.8 Å². The summed E-state index contributed by atoms with van der Waals surface area (Å²) in [6.07, 6.45) is 4.80. The predicted octanol–water partition coefficient (Wildman–Crippen LogP) is 3.26. The monoisotopic (exact) mass is 289 g/mol. The molecule has 0 radical (unpaired) electrons. The number of rotatable bonds is 2. The SMILES string of the molecule is CC(=O)C1CCCCN1c1ncnc2sc(C)c(C)c12. The van der Waals surface area contributed by atoms with Gasteiger partial charge in [0, 0.05) is 11.4 Å². The first-order valence-corrected chi connectivity index (χ1v) is 7.89. The fourth-order valence-electron chi connectivity index (χ4n) is 2.99. The minimum atomic E-state index is -0.0264. The van der Waals surface area contributed by atoms with E-state index in [9.17, 15) is 4.79 Å². The molecule has 0 amide bonds. The fraction of sp³-hybridized carbons (Fsp3) is 0.533. The molecule has 0 saturated carbocycles. The van der Waals surface area contributed by atoms with Gasteiger partial charge in [-0.25, -0.2) is 9.97 Å². The molecule has 0 spiro atoms. The maximum Gasteiger partial charge on any atom is 0.152 e. The molecule has 5 heteroatoms. The van der Waals surface area contributed by atoms with Crippen molar-refractivity contribution in [1.29, 1.82) is 0 Å². The van der Waals surface area contributed by atoms with Crippen molar-refractivity contribution < 1.29 is 4.79 Å². The summed E-state index contributed by atoms with van der Waals surface area (Å²) in [5.41, 5.74) is 1.24. The highest BCUT2D eigenvalue weighted by Crippen LogP contribution is 2.36. The molecule has 1 saturated heterocycles. The summed E-state index contributed by atoms with van der Waals surface area (Å²) in [6.45, 7) is 6.83. The normalized spacial score (nSPS) is 19.6. The quantitative estimate of drug-likeness (QED) is 0.851. The number of aromatic nitrogens is 2. The van der Waals surface area contributed by atoms with E-state index in [0.717, 1.165) is 41.8 Å². The van der Waals surface area contributed by atoms with Gasteiger partial charge in [0.05, 0.1) is 11.4 Å². The van der Waals surface area contributed by atoms with E-state index in [0.29, 0.717) is 0 Å². The van der Waals surface area contributed by atoms with Crippen LogP contribution in [-0.2, 0) is 4.79 Å². The van der Waals surface area contributed by atoms with Gasteiger partial charge in [-0.1, -0.05) is 0 Å².